The Balaban J connectivity index is 0.00000242. The van der Waals surface area contributed by atoms with Crippen LogP contribution in [0.15, 0.2) is 30.3 Å². The minimum atomic E-state index is -0.792. The molecule has 0 heterocycles. The SMILES string of the molecule is CN(CC(=O)Nc1ccccc1)C(=O)C1(N)CCCCC1.Cl. The second-order valence-electron chi connectivity index (χ2n) is 5.79. The number of carbonyl (C=O) groups is 2. The molecule has 0 atom stereocenters. The molecule has 22 heavy (non-hydrogen) atoms. The number of anilines is 1. The summed E-state index contributed by atoms with van der Waals surface area (Å²) in [4.78, 5) is 25.8. The van der Waals surface area contributed by atoms with E-state index in [4.69, 9.17) is 5.73 Å². The largest absolute Gasteiger partial charge is 0.335 e. The van der Waals surface area contributed by atoms with Crippen molar-refractivity contribution in [2.45, 2.75) is 37.6 Å². The summed E-state index contributed by atoms with van der Waals surface area (Å²) in [7, 11) is 1.64. The summed E-state index contributed by atoms with van der Waals surface area (Å²) in [6.07, 6.45) is 4.50. The molecule has 1 aromatic carbocycles. The second-order valence-corrected chi connectivity index (χ2v) is 5.79. The Labute approximate surface area is 137 Å². The van der Waals surface area contributed by atoms with Crippen LogP contribution in [0.5, 0.6) is 0 Å². The normalized spacial score (nSPS) is 16.3. The lowest BCUT2D eigenvalue weighted by Crippen LogP contribution is -2.56. The third-order valence-electron chi connectivity index (χ3n) is 3.96. The van der Waals surface area contributed by atoms with Crippen LogP contribution >= 0.6 is 12.4 Å². The van der Waals surface area contributed by atoms with E-state index in [1.807, 2.05) is 30.3 Å². The van der Waals surface area contributed by atoms with Gasteiger partial charge in [-0.25, -0.2) is 0 Å². The molecule has 1 saturated carbocycles. The van der Waals surface area contributed by atoms with Crippen LogP contribution < -0.4 is 11.1 Å². The third kappa shape index (κ3) is 4.71. The van der Waals surface area contributed by atoms with Gasteiger partial charge in [0.25, 0.3) is 0 Å². The highest BCUT2D eigenvalue weighted by Gasteiger charge is 2.37. The molecule has 0 aromatic heterocycles. The lowest BCUT2D eigenvalue weighted by Gasteiger charge is -2.35. The number of carbonyl (C=O) groups excluding carboxylic acids is 2. The van der Waals surface area contributed by atoms with Crippen molar-refractivity contribution in [2.75, 3.05) is 18.9 Å². The number of para-hydroxylation sites is 1. The maximum Gasteiger partial charge on any atom is 0.243 e. The minimum Gasteiger partial charge on any atom is -0.335 e. The number of hydrogen-bond donors (Lipinski definition) is 2. The average molecular weight is 326 g/mol. The predicted molar refractivity (Wildman–Crippen MR) is 90.0 cm³/mol. The second kappa shape index (κ2) is 8.15. The van der Waals surface area contributed by atoms with Gasteiger partial charge in [-0.15, -0.1) is 12.4 Å². The molecule has 1 aromatic rings. The van der Waals surface area contributed by atoms with E-state index in [0.717, 1.165) is 24.9 Å². The van der Waals surface area contributed by atoms with Gasteiger partial charge in [0, 0.05) is 12.7 Å². The van der Waals surface area contributed by atoms with Crippen molar-refractivity contribution in [3.63, 3.8) is 0 Å². The molecule has 2 amide bonds. The molecule has 2 rings (SSSR count). The standard InChI is InChI=1S/C16H23N3O2.ClH/c1-19(15(21)16(17)10-6-3-7-11-16)12-14(20)18-13-8-4-2-5-9-13;/h2,4-5,8-9H,3,6-7,10-12,17H2,1H3,(H,18,20);1H. The van der Waals surface area contributed by atoms with Gasteiger partial charge in [0.1, 0.15) is 0 Å². The Morgan fingerprint density at radius 2 is 1.77 bits per heavy atom. The smallest absolute Gasteiger partial charge is 0.243 e. The highest BCUT2D eigenvalue weighted by molar-refractivity contribution is 5.96. The molecule has 0 aliphatic heterocycles. The van der Waals surface area contributed by atoms with Gasteiger partial charge in [0.15, 0.2) is 0 Å². The first-order valence-corrected chi connectivity index (χ1v) is 7.41. The number of nitrogens with two attached hydrogens (primary N) is 1. The molecule has 1 aliphatic rings. The fourth-order valence-corrected chi connectivity index (χ4v) is 2.79. The fourth-order valence-electron chi connectivity index (χ4n) is 2.79. The molecule has 0 unspecified atom stereocenters. The highest BCUT2D eigenvalue weighted by Crippen LogP contribution is 2.27. The summed E-state index contributed by atoms with van der Waals surface area (Å²) in [5.41, 5.74) is 6.14. The Bertz CT molecular complexity index is 501. The Hall–Kier alpha value is -1.59. The number of nitrogens with one attached hydrogen (secondary N) is 1. The number of halogens is 1. The van der Waals surface area contributed by atoms with Gasteiger partial charge in [-0.2, -0.15) is 0 Å². The van der Waals surface area contributed by atoms with Gasteiger partial charge in [-0.3, -0.25) is 9.59 Å². The zero-order chi connectivity index (χ0) is 15.3. The number of rotatable bonds is 4. The van der Waals surface area contributed by atoms with E-state index >= 15 is 0 Å². The van der Waals surface area contributed by atoms with Crippen molar-refractivity contribution >= 4 is 29.9 Å². The molecule has 122 valence electrons. The first kappa shape index (κ1) is 18.5. The highest BCUT2D eigenvalue weighted by atomic mass is 35.5. The molecule has 5 nitrogen and oxygen atoms in total. The molecular formula is C16H24ClN3O2. The summed E-state index contributed by atoms with van der Waals surface area (Å²) < 4.78 is 0. The summed E-state index contributed by atoms with van der Waals surface area (Å²) >= 11 is 0. The third-order valence-corrected chi connectivity index (χ3v) is 3.96. The van der Waals surface area contributed by atoms with Crippen LogP contribution in [-0.2, 0) is 9.59 Å². The van der Waals surface area contributed by atoms with Crippen LogP contribution in [0, 0.1) is 0 Å². The molecular weight excluding hydrogens is 302 g/mol. The quantitative estimate of drug-likeness (QED) is 0.890. The molecule has 6 heteroatoms. The van der Waals surface area contributed by atoms with Gasteiger partial charge >= 0.3 is 0 Å². The van der Waals surface area contributed by atoms with Crippen LogP contribution in [0.3, 0.4) is 0 Å². The molecule has 1 aliphatic carbocycles. The van der Waals surface area contributed by atoms with E-state index < -0.39 is 5.54 Å². The van der Waals surface area contributed by atoms with Crippen molar-refractivity contribution in [3.8, 4) is 0 Å². The van der Waals surface area contributed by atoms with Gasteiger partial charge in [0.05, 0.1) is 12.1 Å². The van der Waals surface area contributed by atoms with Crippen molar-refractivity contribution in [1.82, 2.24) is 4.90 Å². The molecule has 3 N–H and O–H groups in total. The fraction of sp³-hybridized carbons (Fsp3) is 0.500. The van der Waals surface area contributed by atoms with Crippen molar-refractivity contribution in [3.05, 3.63) is 30.3 Å². The van der Waals surface area contributed by atoms with Gasteiger partial charge in [-0.05, 0) is 25.0 Å². The monoisotopic (exact) mass is 325 g/mol. The van der Waals surface area contributed by atoms with Gasteiger partial charge < -0.3 is 16.0 Å². The topological polar surface area (TPSA) is 75.4 Å². The maximum atomic E-state index is 12.4. The predicted octanol–water partition coefficient (Wildman–Crippen LogP) is 2.17. The van der Waals surface area contributed by atoms with Crippen molar-refractivity contribution < 1.29 is 9.59 Å². The number of benzene rings is 1. The van der Waals surface area contributed by atoms with E-state index in [9.17, 15) is 9.59 Å². The average Bonchev–Trinajstić information content (AvgIpc) is 2.48. The zero-order valence-corrected chi connectivity index (χ0v) is 13.7. The van der Waals surface area contributed by atoms with Crippen LogP contribution in [0.1, 0.15) is 32.1 Å². The van der Waals surface area contributed by atoms with E-state index in [1.165, 1.54) is 4.90 Å². The molecule has 1 fully saturated rings. The number of amides is 2. The molecule has 0 spiro atoms. The van der Waals surface area contributed by atoms with E-state index in [0.29, 0.717) is 12.8 Å². The number of hydrogen-bond acceptors (Lipinski definition) is 3. The number of nitrogens with zero attached hydrogens (tertiary/aromatic N) is 1. The maximum absolute atomic E-state index is 12.4. The van der Waals surface area contributed by atoms with Crippen LogP contribution in [0.4, 0.5) is 5.69 Å². The summed E-state index contributed by atoms with van der Waals surface area (Å²) in [6.45, 7) is 0.0205. The first-order valence-electron chi connectivity index (χ1n) is 7.41. The first-order chi connectivity index (χ1) is 10.0. The lowest BCUT2D eigenvalue weighted by atomic mass is 9.81. The number of likely N-dealkylation sites (N-methyl/N-ethyl adjacent to an activating group) is 1. The Kier molecular flexibility index (Phi) is 6.84. The Morgan fingerprint density at radius 1 is 1.18 bits per heavy atom. The molecule has 0 saturated heterocycles. The van der Waals surface area contributed by atoms with E-state index in [2.05, 4.69) is 5.32 Å². The van der Waals surface area contributed by atoms with Gasteiger partial charge in [0.2, 0.25) is 11.8 Å². The van der Waals surface area contributed by atoms with Crippen molar-refractivity contribution in [1.29, 1.82) is 0 Å². The van der Waals surface area contributed by atoms with Crippen LogP contribution in [-0.4, -0.2) is 35.8 Å². The minimum absolute atomic E-state index is 0. The molecule has 0 bridgehead atoms. The van der Waals surface area contributed by atoms with E-state index in [1.54, 1.807) is 7.05 Å². The van der Waals surface area contributed by atoms with Crippen LogP contribution in [0.25, 0.3) is 0 Å². The zero-order valence-electron chi connectivity index (χ0n) is 12.9. The van der Waals surface area contributed by atoms with Crippen molar-refractivity contribution in [2.24, 2.45) is 5.73 Å². The van der Waals surface area contributed by atoms with Gasteiger partial charge in [-0.1, -0.05) is 37.5 Å². The summed E-state index contributed by atoms with van der Waals surface area (Å²) in [6, 6.07) is 9.20. The van der Waals surface area contributed by atoms with Crippen LogP contribution in [0.2, 0.25) is 0 Å². The molecule has 0 radical (unpaired) electrons. The van der Waals surface area contributed by atoms with E-state index in [-0.39, 0.29) is 30.8 Å². The summed E-state index contributed by atoms with van der Waals surface area (Å²) in [5, 5.41) is 2.77. The summed E-state index contributed by atoms with van der Waals surface area (Å²) in [5.74, 6) is -0.345. The lowest BCUT2D eigenvalue weighted by molar-refractivity contribution is -0.139. The Morgan fingerprint density at radius 3 is 2.36 bits per heavy atom.